The van der Waals surface area contributed by atoms with Crippen LogP contribution in [0.3, 0.4) is 0 Å². The maximum Gasteiger partial charge on any atom is 0.417 e. The topological polar surface area (TPSA) is 46.2 Å². The van der Waals surface area contributed by atoms with Gasteiger partial charge in [-0.1, -0.05) is 17.7 Å². The Bertz CT molecular complexity index is 351. The van der Waals surface area contributed by atoms with Crippen molar-refractivity contribution >= 4 is 17.3 Å². The third kappa shape index (κ3) is 1.93. The normalized spacial score (nSPS) is 11.8. The van der Waals surface area contributed by atoms with Gasteiger partial charge in [0.1, 0.15) is 0 Å². The minimum atomic E-state index is -4.53. The number of hydrogen-bond acceptors (Lipinski definition) is 2. The number of halogens is 4. The minimum absolute atomic E-state index is 0.183. The number of alkyl halides is 3. The average molecular weight is 226 g/mol. The molecule has 14 heavy (non-hydrogen) atoms. The number of nitrogen functional groups attached to an aromatic ring is 1. The summed E-state index contributed by atoms with van der Waals surface area (Å²) in [6, 6.07) is 1.90. The van der Waals surface area contributed by atoms with Gasteiger partial charge in [0, 0.05) is 5.56 Å². The Morgan fingerprint density at radius 1 is 1.36 bits per heavy atom. The smallest absolute Gasteiger partial charge is 0.397 e. The van der Waals surface area contributed by atoms with Crippen molar-refractivity contribution < 1.29 is 18.3 Å². The lowest BCUT2D eigenvalue weighted by atomic mass is 10.1. The van der Waals surface area contributed by atoms with Crippen LogP contribution in [0.25, 0.3) is 0 Å². The molecular formula is C8H7ClF3NO. The van der Waals surface area contributed by atoms with Crippen molar-refractivity contribution in [3.05, 3.63) is 28.3 Å². The summed E-state index contributed by atoms with van der Waals surface area (Å²) in [5.41, 5.74) is 4.26. The van der Waals surface area contributed by atoms with E-state index in [1.54, 1.807) is 0 Å². The van der Waals surface area contributed by atoms with E-state index in [9.17, 15) is 13.2 Å². The molecule has 0 bridgehead atoms. The van der Waals surface area contributed by atoms with Crippen molar-refractivity contribution in [3.8, 4) is 0 Å². The van der Waals surface area contributed by atoms with Crippen LogP contribution in [-0.2, 0) is 12.8 Å². The zero-order chi connectivity index (χ0) is 10.9. The fourth-order valence-electron chi connectivity index (χ4n) is 0.990. The summed E-state index contributed by atoms with van der Waals surface area (Å²) in [6.45, 7) is -0.441. The second kappa shape index (κ2) is 3.67. The first-order chi connectivity index (χ1) is 6.38. The van der Waals surface area contributed by atoms with Crippen LogP contribution in [0, 0.1) is 0 Å². The minimum Gasteiger partial charge on any atom is -0.397 e. The molecule has 78 valence electrons. The Labute approximate surface area is 83.1 Å². The molecule has 2 nitrogen and oxygen atoms in total. The predicted octanol–water partition coefficient (Wildman–Crippen LogP) is 2.43. The molecule has 0 fully saturated rings. The van der Waals surface area contributed by atoms with Crippen molar-refractivity contribution in [3.63, 3.8) is 0 Å². The summed E-state index contributed by atoms with van der Waals surface area (Å²) in [5, 5.41) is 8.15. The summed E-state index contributed by atoms with van der Waals surface area (Å²) in [7, 11) is 0. The van der Waals surface area contributed by atoms with Crippen LogP contribution in [0.1, 0.15) is 11.1 Å². The number of aliphatic hydroxyl groups excluding tert-OH is 1. The molecule has 0 saturated heterocycles. The van der Waals surface area contributed by atoms with E-state index in [0.29, 0.717) is 0 Å². The molecule has 0 atom stereocenters. The van der Waals surface area contributed by atoms with Crippen molar-refractivity contribution in [2.45, 2.75) is 12.8 Å². The van der Waals surface area contributed by atoms with Gasteiger partial charge < -0.3 is 10.8 Å². The van der Waals surface area contributed by atoms with E-state index in [2.05, 4.69) is 0 Å². The highest BCUT2D eigenvalue weighted by molar-refractivity contribution is 6.34. The monoisotopic (exact) mass is 225 g/mol. The largest absolute Gasteiger partial charge is 0.417 e. The van der Waals surface area contributed by atoms with Crippen LogP contribution in [-0.4, -0.2) is 5.11 Å². The van der Waals surface area contributed by atoms with E-state index in [0.717, 1.165) is 12.1 Å². The molecule has 3 N–H and O–H groups in total. The molecule has 0 aromatic heterocycles. The number of hydrogen-bond donors (Lipinski definition) is 2. The molecule has 1 aromatic carbocycles. The van der Waals surface area contributed by atoms with Crippen LogP contribution in [0.15, 0.2) is 12.1 Å². The zero-order valence-electron chi connectivity index (χ0n) is 6.90. The number of nitrogens with two attached hydrogens (primary N) is 1. The molecule has 0 radical (unpaired) electrons. The molecule has 0 saturated carbocycles. The fraction of sp³-hybridized carbons (Fsp3) is 0.250. The highest BCUT2D eigenvalue weighted by Crippen LogP contribution is 2.38. The number of benzene rings is 1. The van der Waals surface area contributed by atoms with Crippen LogP contribution in [0.2, 0.25) is 5.02 Å². The van der Waals surface area contributed by atoms with E-state index in [1.807, 2.05) is 0 Å². The lowest BCUT2D eigenvalue weighted by Crippen LogP contribution is -2.08. The van der Waals surface area contributed by atoms with E-state index < -0.39 is 23.4 Å². The Hall–Kier alpha value is -0.940. The molecule has 0 aliphatic carbocycles. The molecule has 6 heteroatoms. The third-order valence-electron chi connectivity index (χ3n) is 1.75. The van der Waals surface area contributed by atoms with Crippen LogP contribution in [0.5, 0.6) is 0 Å². The highest BCUT2D eigenvalue weighted by Gasteiger charge is 2.34. The Morgan fingerprint density at radius 2 is 1.93 bits per heavy atom. The van der Waals surface area contributed by atoms with Crippen LogP contribution < -0.4 is 5.73 Å². The van der Waals surface area contributed by atoms with Crippen molar-refractivity contribution in [2.75, 3.05) is 5.73 Å². The molecule has 0 spiro atoms. The van der Waals surface area contributed by atoms with Gasteiger partial charge in [0.2, 0.25) is 0 Å². The van der Waals surface area contributed by atoms with Gasteiger partial charge in [-0.05, 0) is 6.07 Å². The first kappa shape index (κ1) is 11.1. The van der Waals surface area contributed by atoms with Gasteiger partial charge in [0.25, 0.3) is 0 Å². The van der Waals surface area contributed by atoms with Gasteiger partial charge in [-0.3, -0.25) is 0 Å². The van der Waals surface area contributed by atoms with Gasteiger partial charge in [-0.25, -0.2) is 0 Å². The summed E-state index contributed by atoms with van der Waals surface area (Å²) >= 11 is 5.41. The maximum atomic E-state index is 12.3. The molecular weight excluding hydrogens is 219 g/mol. The standard InChI is InChI=1S/C8H7ClF3NO/c9-6-5(8(10,11)12)2-1-4(3-14)7(6)13/h1-2,14H,3,13H2. The first-order valence-electron chi connectivity index (χ1n) is 3.63. The second-order valence-electron chi connectivity index (χ2n) is 2.66. The number of aliphatic hydroxyl groups is 1. The predicted molar refractivity (Wildman–Crippen MR) is 46.8 cm³/mol. The van der Waals surface area contributed by atoms with E-state index in [1.165, 1.54) is 0 Å². The molecule has 1 aromatic rings. The summed E-state index contributed by atoms with van der Waals surface area (Å²) < 4.78 is 36.8. The van der Waals surface area contributed by atoms with Gasteiger partial charge in [0.15, 0.2) is 0 Å². The van der Waals surface area contributed by atoms with E-state index in [-0.39, 0.29) is 11.3 Å². The second-order valence-corrected chi connectivity index (χ2v) is 3.03. The average Bonchev–Trinajstić information content (AvgIpc) is 2.07. The number of anilines is 1. The van der Waals surface area contributed by atoms with Crippen molar-refractivity contribution in [2.24, 2.45) is 0 Å². The Kier molecular flexibility index (Phi) is 2.92. The van der Waals surface area contributed by atoms with Gasteiger partial charge in [-0.15, -0.1) is 0 Å². The van der Waals surface area contributed by atoms with Gasteiger partial charge >= 0.3 is 6.18 Å². The first-order valence-corrected chi connectivity index (χ1v) is 4.00. The van der Waals surface area contributed by atoms with Gasteiger partial charge in [-0.2, -0.15) is 13.2 Å². The molecule has 0 unspecified atom stereocenters. The summed E-state index contributed by atoms with van der Waals surface area (Å²) in [6.07, 6.45) is -4.53. The lowest BCUT2D eigenvalue weighted by molar-refractivity contribution is -0.137. The molecule has 0 heterocycles. The third-order valence-corrected chi connectivity index (χ3v) is 2.15. The van der Waals surface area contributed by atoms with Crippen LogP contribution >= 0.6 is 11.6 Å². The van der Waals surface area contributed by atoms with E-state index in [4.69, 9.17) is 22.4 Å². The summed E-state index contributed by atoms with van der Waals surface area (Å²) in [5.74, 6) is 0. The van der Waals surface area contributed by atoms with Gasteiger partial charge in [0.05, 0.1) is 22.9 Å². The summed E-state index contributed by atoms with van der Waals surface area (Å²) in [4.78, 5) is 0. The molecule has 0 aliphatic rings. The van der Waals surface area contributed by atoms with E-state index >= 15 is 0 Å². The molecule has 0 amide bonds. The highest BCUT2D eigenvalue weighted by atomic mass is 35.5. The Morgan fingerprint density at radius 3 is 2.36 bits per heavy atom. The van der Waals surface area contributed by atoms with Crippen molar-refractivity contribution in [1.82, 2.24) is 0 Å². The quantitative estimate of drug-likeness (QED) is 0.721. The SMILES string of the molecule is Nc1c(CO)ccc(C(F)(F)F)c1Cl. The van der Waals surface area contributed by atoms with Crippen molar-refractivity contribution in [1.29, 1.82) is 0 Å². The zero-order valence-corrected chi connectivity index (χ0v) is 7.65. The maximum absolute atomic E-state index is 12.3. The molecule has 0 aliphatic heterocycles. The lowest BCUT2D eigenvalue weighted by Gasteiger charge is -2.12. The molecule has 1 rings (SSSR count). The Balaban J connectivity index is 3.31. The number of rotatable bonds is 1. The van der Waals surface area contributed by atoms with Crippen LogP contribution in [0.4, 0.5) is 18.9 Å². The fourth-order valence-corrected chi connectivity index (χ4v) is 1.28.